The second-order valence-corrected chi connectivity index (χ2v) is 4.13. The Bertz CT molecular complexity index is 495. The van der Waals surface area contributed by atoms with Crippen molar-refractivity contribution in [3.63, 3.8) is 0 Å². The van der Waals surface area contributed by atoms with Crippen LogP contribution in [0.1, 0.15) is 25.3 Å². The number of nitrogens with one attached hydrogen (secondary N) is 1. The van der Waals surface area contributed by atoms with Crippen LogP contribution < -0.4 is 5.73 Å². The smallest absolute Gasteiger partial charge is 0.222 e. The fourth-order valence-corrected chi connectivity index (χ4v) is 1.93. The summed E-state index contributed by atoms with van der Waals surface area (Å²) in [6.45, 7) is 2.13. The molecule has 17 heavy (non-hydrogen) atoms. The standard InChI is InChI=1S/C11H14ClN5/c1-2-3-4-7-9(8-5-14-6-15-8)16-11(13)17-10(7)12/h5-6H,2-4H2,1H3,(H,14,15)(H2,13,16,17). The van der Waals surface area contributed by atoms with Crippen LogP contribution in [-0.4, -0.2) is 19.9 Å². The molecule has 0 bridgehead atoms. The van der Waals surface area contributed by atoms with E-state index in [1.54, 1.807) is 12.5 Å². The molecule has 0 aliphatic heterocycles. The second kappa shape index (κ2) is 5.14. The molecule has 2 aromatic heterocycles. The number of halogens is 1. The zero-order valence-corrected chi connectivity index (χ0v) is 10.3. The van der Waals surface area contributed by atoms with Gasteiger partial charge in [0.1, 0.15) is 5.15 Å². The minimum atomic E-state index is 0.180. The van der Waals surface area contributed by atoms with Crippen LogP contribution in [0, 0.1) is 0 Å². The normalized spacial score (nSPS) is 10.7. The number of nitrogen functional groups attached to an aromatic ring is 1. The maximum atomic E-state index is 6.12. The number of rotatable bonds is 4. The summed E-state index contributed by atoms with van der Waals surface area (Å²) < 4.78 is 0. The number of anilines is 1. The fourth-order valence-electron chi connectivity index (χ4n) is 1.66. The van der Waals surface area contributed by atoms with E-state index in [4.69, 9.17) is 17.3 Å². The molecule has 2 aromatic rings. The summed E-state index contributed by atoms with van der Waals surface area (Å²) in [4.78, 5) is 15.2. The van der Waals surface area contributed by atoms with E-state index in [9.17, 15) is 0 Å². The molecule has 0 fully saturated rings. The summed E-state index contributed by atoms with van der Waals surface area (Å²) in [5, 5.41) is 0.426. The minimum Gasteiger partial charge on any atom is -0.368 e. The molecule has 0 aliphatic rings. The summed E-state index contributed by atoms with van der Waals surface area (Å²) in [7, 11) is 0. The van der Waals surface area contributed by atoms with Crippen molar-refractivity contribution < 1.29 is 0 Å². The van der Waals surface area contributed by atoms with E-state index in [-0.39, 0.29) is 5.95 Å². The maximum absolute atomic E-state index is 6.12. The van der Waals surface area contributed by atoms with Crippen LogP contribution in [0.5, 0.6) is 0 Å². The summed E-state index contributed by atoms with van der Waals surface area (Å²) in [5.41, 5.74) is 8.10. The number of nitrogens with zero attached hydrogens (tertiary/aromatic N) is 3. The van der Waals surface area contributed by atoms with Gasteiger partial charge in [-0.15, -0.1) is 0 Å². The number of H-pyrrole nitrogens is 1. The largest absolute Gasteiger partial charge is 0.368 e. The van der Waals surface area contributed by atoms with Crippen molar-refractivity contribution in [2.24, 2.45) is 0 Å². The van der Waals surface area contributed by atoms with E-state index in [1.165, 1.54) is 0 Å². The summed E-state index contributed by atoms with van der Waals surface area (Å²) in [5.74, 6) is 0.180. The third-order valence-corrected chi connectivity index (χ3v) is 2.82. The lowest BCUT2D eigenvalue weighted by atomic mass is 10.1. The van der Waals surface area contributed by atoms with Crippen molar-refractivity contribution in [1.82, 2.24) is 19.9 Å². The van der Waals surface area contributed by atoms with E-state index < -0.39 is 0 Å². The maximum Gasteiger partial charge on any atom is 0.222 e. The number of hydrogen-bond donors (Lipinski definition) is 2. The van der Waals surface area contributed by atoms with E-state index in [1.807, 2.05) is 0 Å². The molecule has 6 heteroatoms. The molecule has 0 amide bonds. The highest BCUT2D eigenvalue weighted by Crippen LogP contribution is 2.27. The van der Waals surface area contributed by atoms with E-state index >= 15 is 0 Å². The molecule has 3 N–H and O–H groups in total. The summed E-state index contributed by atoms with van der Waals surface area (Å²) in [6.07, 6.45) is 6.26. The van der Waals surface area contributed by atoms with Gasteiger partial charge in [0.15, 0.2) is 0 Å². The third-order valence-electron chi connectivity index (χ3n) is 2.51. The Hall–Kier alpha value is -1.62. The predicted molar refractivity (Wildman–Crippen MR) is 67.6 cm³/mol. The van der Waals surface area contributed by atoms with Gasteiger partial charge in [-0.3, -0.25) is 0 Å². The Labute approximate surface area is 104 Å². The Morgan fingerprint density at radius 2 is 2.24 bits per heavy atom. The highest BCUT2D eigenvalue weighted by molar-refractivity contribution is 6.30. The lowest BCUT2D eigenvalue weighted by Crippen LogP contribution is -2.03. The van der Waals surface area contributed by atoms with Crippen LogP contribution in [0.4, 0.5) is 5.95 Å². The van der Waals surface area contributed by atoms with Crippen molar-refractivity contribution in [3.8, 4) is 11.4 Å². The second-order valence-electron chi connectivity index (χ2n) is 3.77. The van der Waals surface area contributed by atoms with Crippen molar-refractivity contribution in [1.29, 1.82) is 0 Å². The van der Waals surface area contributed by atoms with Gasteiger partial charge >= 0.3 is 0 Å². The molecule has 0 aromatic carbocycles. The van der Waals surface area contributed by atoms with E-state index in [0.29, 0.717) is 5.15 Å². The van der Waals surface area contributed by atoms with E-state index in [2.05, 4.69) is 26.9 Å². The van der Waals surface area contributed by atoms with Gasteiger partial charge in [-0.05, 0) is 12.8 Å². The number of imidazole rings is 1. The SMILES string of the molecule is CCCCc1c(Cl)nc(N)nc1-c1cnc[nH]1. The molecular weight excluding hydrogens is 238 g/mol. The molecule has 0 atom stereocenters. The van der Waals surface area contributed by atoms with Gasteiger partial charge in [-0.25, -0.2) is 15.0 Å². The summed E-state index contributed by atoms with van der Waals surface area (Å²) >= 11 is 6.12. The topological polar surface area (TPSA) is 80.5 Å². The van der Waals surface area contributed by atoms with Crippen LogP contribution >= 0.6 is 11.6 Å². The van der Waals surface area contributed by atoms with Gasteiger partial charge in [0, 0.05) is 5.56 Å². The molecule has 2 rings (SSSR count). The molecule has 0 saturated carbocycles. The van der Waals surface area contributed by atoms with Crippen LogP contribution in [0.2, 0.25) is 5.15 Å². The number of unbranched alkanes of at least 4 members (excludes halogenated alkanes) is 1. The van der Waals surface area contributed by atoms with Gasteiger partial charge in [0.2, 0.25) is 5.95 Å². The molecule has 0 spiro atoms. The number of aromatic amines is 1. The first-order valence-corrected chi connectivity index (χ1v) is 5.90. The summed E-state index contributed by atoms with van der Waals surface area (Å²) in [6, 6.07) is 0. The molecule has 0 radical (unpaired) electrons. The fraction of sp³-hybridized carbons (Fsp3) is 0.364. The Balaban J connectivity index is 2.47. The monoisotopic (exact) mass is 251 g/mol. The Morgan fingerprint density at radius 1 is 1.41 bits per heavy atom. The molecule has 2 heterocycles. The number of nitrogens with two attached hydrogens (primary N) is 1. The first kappa shape index (κ1) is 11.9. The Morgan fingerprint density at radius 3 is 2.88 bits per heavy atom. The first-order chi connectivity index (χ1) is 8.22. The highest BCUT2D eigenvalue weighted by Gasteiger charge is 2.14. The first-order valence-electron chi connectivity index (χ1n) is 5.53. The van der Waals surface area contributed by atoms with Gasteiger partial charge < -0.3 is 10.7 Å². The molecular formula is C11H14ClN5. The highest BCUT2D eigenvalue weighted by atomic mass is 35.5. The van der Waals surface area contributed by atoms with Crippen molar-refractivity contribution in [2.45, 2.75) is 26.2 Å². The van der Waals surface area contributed by atoms with Crippen LogP contribution in [0.25, 0.3) is 11.4 Å². The van der Waals surface area contributed by atoms with Crippen molar-refractivity contribution in [2.75, 3.05) is 5.73 Å². The number of aromatic nitrogens is 4. The minimum absolute atomic E-state index is 0.180. The van der Waals surface area contributed by atoms with Crippen LogP contribution in [0.15, 0.2) is 12.5 Å². The average Bonchev–Trinajstić information content (AvgIpc) is 2.80. The molecule has 5 nitrogen and oxygen atoms in total. The van der Waals surface area contributed by atoms with Gasteiger partial charge in [-0.2, -0.15) is 0 Å². The van der Waals surface area contributed by atoms with Crippen molar-refractivity contribution in [3.05, 3.63) is 23.2 Å². The third kappa shape index (κ3) is 2.55. The van der Waals surface area contributed by atoms with Gasteiger partial charge in [0.25, 0.3) is 0 Å². The van der Waals surface area contributed by atoms with Gasteiger partial charge in [-0.1, -0.05) is 24.9 Å². The molecule has 90 valence electrons. The lowest BCUT2D eigenvalue weighted by molar-refractivity contribution is 0.790. The quantitative estimate of drug-likeness (QED) is 0.818. The van der Waals surface area contributed by atoms with Gasteiger partial charge in [0.05, 0.1) is 23.9 Å². The average molecular weight is 252 g/mol. The zero-order chi connectivity index (χ0) is 12.3. The van der Waals surface area contributed by atoms with Crippen molar-refractivity contribution >= 4 is 17.5 Å². The predicted octanol–water partition coefficient (Wildman–Crippen LogP) is 2.44. The van der Waals surface area contributed by atoms with E-state index in [0.717, 1.165) is 36.2 Å². The molecule has 0 unspecified atom stereocenters. The number of hydrogen-bond acceptors (Lipinski definition) is 4. The Kier molecular flexibility index (Phi) is 3.58. The molecule has 0 aliphatic carbocycles. The molecule has 0 saturated heterocycles. The zero-order valence-electron chi connectivity index (χ0n) is 9.57. The lowest BCUT2D eigenvalue weighted by Gasteiger charge is -2.09. The van der Waals surface area contributed by atoms with Crippen LogP contribution in [-0.2, 0) is 6.42 Å². The van der Waals surface area contributed by atoms with Crippen LogP contribution in [0.3, 0.4) is 0 Å².